The zero-order valence-electron chi connectivity index (χ0n) is 17.8. The second-order valence-electron chi connectivity index (χ2n) is 7.93. The molecule has 2 aromatic heterocycles. The van der Waals surface area contributed by atoms with Crippen molar-refractivity contribution in [2.45, 2.75) is 39.0 Å². The first-order valence-corrected chi connectivity index (χ1v) is 10.9. The van der Waals surface area contributed by atoms with Crippen molar-refractivity contribution in [2.75, 3.05) is 38.1 Å². The number of nitrogens with one attached hydrogen (secondary N) is 2. The molecule has 0 spiro atoms. The van der Waals surface area contributed by atoms with Gasteiger partial charge in [0.2, 0.25) is 5.91 Å². The van der Waals surface area contributed by atoms with E-state index in [1.54, 1.807) is 4.90 Å². The number of nitrogens with zero attached hydrogens (tertiary/aromatic N) is 3. The third-order valence-electron chi connectivity index (χ3n) is 5.11. The molecule has 11 heteroatoms. The van der Waals surface area contributed by atoms with Gasteiger partial charge in [-0.05, 0) is 26.8 Å². The van der Waals surface area contributed by atoms with E-state index in [-0.39, 0.29) is 46.1 Å². The fraction of sp³-hybridized carbons (Fsp3) is 0.550. The Hall–Kier alpha value is -2.40. The SMILES string of the molecule is CNC(=O)c1csc2c(C(F)(F)F)cc(N3CCN(CC(=O)NC(C)C)CC3C)nc12. The van der Waals surface area contributed by atoms with Gasteiger partial charge in [0, 0.05) is 44.1 Å². The molecule has 1 aliphatic rings. The van der Waals surface area contributed by atoms with Crippen LogP contribution in [0.2, 0.25) is 0 Å². The van der Waals surface area contributed by atoms with Gasteiger partial charge < -0.3 is 15.5 Å². The molecule has 7 nitrogen and oxygen atoms in total. The molecule has 3 heterocycles. The summed E-state index contributed by atoms with van der Waals surface area (Å²) in [6.07, 6.45) is -4.57. The largest absolute Gasteiger partial charge is 0.417 e. The molecule has 1 aliphatic heterocycles. The lowest BCUT2D eigenvalue weighted by Gasteiger charge is -2.40. The molecule has 1 atom stereocenters. The highest BCUT2D eigenvalue weighted by Crippen LogP contribution is 2.40. The molecule has 0 saturated carbocycles. The van der Waals surface area contributed by atoms with E-state index in [0.717, 1.165) is 17.4 Å². The van der Waals surface area contributed by atoms with Crippen LogP contribution < -0.4 is 15.5 Å². The lowest BCUT2D eigenvalue weighted by atomic mass is 10.1. The van der Waals surface area contributed by atoms with Gasteiger partial charge in [0.1, 0.15) is 5.82 Å². The lowest BCUT2D eigenvalue weighted by molar-refractivity contribution is -0.136. The van der Waals surface area contributed by atoms with Crippen molar-refractivity contribution >= 4 is 39.2 Å². The van der Waals surface area contributed by atoms with Gasteiger partial charge in [0.25, 0.3) is 5.91 Å². The average Bonchev–Trinajstić information content (AvgIpc) is 3.09. The van der Waals surface area contributed by atoms with Gasteiger partial charge in [0.15, 0.2) is 0 Å². The van der Waals surface area contributed by atoms with E-state index in [1.807, 2.05) is 25.7 Å². The zero-order valence-corrected chi connectivity index (χ0v) is 18.7. The van der Waals surface area contributed by atoms with Crippen LogP contribution in [-0.4, -0.2) is 67.0 Å². The number of piperazine rings is 1. The Morgan fingerprint density at radius 2 is 2.03 bits per heavy atom. The molecule has 170 valence electrons. The molecular formula is C20H26F3N5O2S. The van der Waals surface area contributed by atoms with Crippen molar-refractivity contribution in [1.29, 1.82) is 0 Å². The summed E-state index contributed by atoms with van der Waals surface area (Å²) in [5.74, 6) is -0.372. The molecule has 0 radical (unpaired) electrons. The van der Waals surface area contributed by atoms with Crippen molar-refractivity contribution in [3.63, 3.8) is 0 Å². The van der Waals surface area contributed by atoms with Gasteiger partial charge in [-0.2, -0.15) is 13.2 Å². The van der Waals surface area contributed by atoms with Gasteiger partial charge in [-0.15, -0.1) is 11.3 Å². The monoisotopic (exact) mass is 457 g/mol. The van der Waals surface area contributed by atoms with Crippen molar-refractivity contribution in [1.82, 2.24) is 20.5 Å². The standard InChI is InChI=1S/C20H26F3N5O2S/c1-11(2)25-16(29)9-27-5-6-28(12(3)8-27)15-7-14(20(21,22)23)18-17(26-15)13(10-31-18)19(30)24-4/h7,10-12H,5-6,8-9H2,1-4H3,(H,24,30)(H,25,29). The molecule has 1 fully saturated rings. The van der Waals surface area contributed by atoms with Crippen LogP contribution in [0.1, 0.15) is 36.7 Å². The minimum Gasteiger partial charge on any atom is -0.355 e. The van der Waals surface area contributed by atoms with Gasteiger partial charge in [-0.25, -0.2) is 4.98 Å². The van der Waals surface area contributed by atoms with Gasteiger partial charge in [-0.3, -0.25) is 14.5 Å². The summed E-state index contributed by atoms with van der Waals surface area (Å²) in [6.45, 7) is 7.35. The smallest absolute Gasteiger partial charge is 0.355 e. The number of anilines is 1. The van der Waals surface area contributed by atoms with Crippen LogP contribution in [0.25, 0.3) is 10.2 Å². The molecule has 2 N–H and O–H groups in total. The molecular weight excluding hydrogens is 431 g/mol. The molecule has 1 unspecified atom stereocenters. The number of hydrogen-bond donors (Lipinski definition) is 2. The molecule has 2 aromatic rings. The van der Waals surface area contributed by atoms with E-state index < -0.39 is 17.6 Å². The molecule has 31 heavy (non-hydrogen) atoms. The van der Waals surface area contributed by atoms with Crippen LogP contribution in [0.5, 0.6) is 0 Å². The second-order valence-corrected chi connectivity index (χ2v) is 8.81. The van der Waals surface area contributed by atoms with E-state index in [4.69, 9.17) is 0 Å². The molecule has 3 rings (SSSR count). The predicted molar refractivity (Wildman–Crippen MR) is 115 cm³/mol. The molecule has 2 amide bonds. The van der Waals surface area contributed by atoms with Crippen LogP contribution in [0.4, 0.5) is 19.0 Å². The van der Waals surface area contributed by atoms with Gasteiger partial charge in [0.05, 0.1) is 27.9 Å². The summed E-state index contributed by atoms with van der Waals surface area (Å²) in [7, 11) is 1.43. The topological polar surface area (TPSA) is 77.6 Å². The zero-order chi connectivity index (χ0) is 22.9. The van der Waals surface area contributed by atoms with E-state index >= 15 is 0 Å². The summed E-state index contributed by atoms with van der Waals surface area (Å²) >= 11 is 0.865. The van der Waals surface area contributed by atoms with E-state index in [1.165, 1.54) is 12.4 Å². The summed E-state index contributed by atoms with van der Waals surface area (Å²) in [4.78, 5) is 32.4. The van der Waals surface area contributed by atoms with Crippen LogP contribution in [0, 0.1) is 0 Å². The first kappa shape index (κ1) is 23.3. The van der Waals surface area contributed by atoms with E-state index in [2.05, 4.69) is 15.6 Å². The molecule has 0 bridgehead atoms. The predicted octanol–water partition coefficient (Wildman–Crippen LogP) is 2.71. The third kappa shape index (κ3) is 5.09. The minimum absolute atomic E-state index is 0.0445. The Morgan fingerprint density at radius 1 is 1.32 bits per heavy atom. The summed E-state index contributed by atoms with van der Waals surface area (Å²) in [6, 6.07) is 0.946. The van der Waals surface area contributed by atoms with Gasteiger partial charge >= 0.3 is 6.18 Å². The average molecular weight is 458 g/mol. The number of halogens is 3. The number of thiophene rings is 1. The maximum absolute atomic E-state index is 13.8. The van der Waals surface area contributed by atoms with E-state index in [9.17, 15) is 22.8 Å². The first-order chi connectivity index (χ1) is 14.5. The second kappa shape index (κ2) is 8.99. The number of pyridine rings is 1. The van der Waals surface area contributed by atoms with Crippen LogP contribution >= 0.6 is 11.3 Å². The van der Waals surface area contributed by atoms with Gasteiger partial charge in [-0.1, -0.05) is 0 Å². The Morgan fingerprint density at radius 3 is 2.61 bits per heavy atom. The fourth-order valence-corrected chi connectivity index (χ4v) is 4.76. The number of alkyl halides is 3. The van der Waals surface area contributed by atoms with Crippen molar-refractivity contribution in [2.24, 2.45) is 0 Å². The van der Waals surface area contributed by atoms with Crippen LogP contribution in [0.15, 0.2) is 11.4 Å². The Bertz CT molecular complexity index is 976. The maximum Gasteiger partial charge on any atom is 0.417 e. The highest BCUT2D eigenvalue weighted by atomic mass is 32.1. The fourth-order valence-electron chi connectivity index (χ4n) is 3.74. The molecule has 0 aromatic carbocycles. The number of hydrogen-bond acceptors (Lipinski definition) is 6. The lowest BCUT2D eigenvalue weighted by Crippen LogP contribution is -2.54. The van der Waals surface area contributed by atoms with Crippen LogP contribution in [0.3, 0.4) is 0 Å². The van der Waals surface area contributed by atoms with E-state index in [0.29, 0.717) is 19.6 Å². The van der Waals surface area contributed by atoms with Crippen molar-refractivity contribution in [3.05, 3.63) is 22.6 Å². The summed E-state index contributed by atoms with van der Waals surface area (Å²) < 4.78 is 41.3. The number of aromatic nitrogens is 1. The minimum atomic E-state index is -4.57. The number of fused-ring (bicyclic) bond motifs is 1. The third-order valence-corrected chi connectivity index (χ3v) is 6.11. The Kier molecular flexibility index (Phi) is 6.75. The number of amides is 2. The van der Waals surface area contributed by atoms with Crippen LogP contribution in [-0.2, 0) is 11.0 Å². The molecule has 0 aliphatic carbocycles. The normalized spacial score (nSPS) is 17.9. The van der Waals surface area contributed by atoms with Crippen molar-refractivity contribution in [3.8, 4) is 0 Å². The highest BCUT2D eigenvalue weighted by Gasteiger charge is 2.36. The quantitative estimate of drug-likeness (QED) is 0.722. The number of carbonyl (C=O) groups excluding carboxylic acids is 2. The summed E-state index contributed by atoms with van der Waals surface area (Å²) in [5.41, 5.74) is -0.606. The summed E-state index contributed by atoms with van der Waals surface area (Å²) in [5, 5.41) is 6.70. The maximum atomic E-state index is 13.8. The molecule has 1 saturated heterocycles. The highest BCUT2D eigenvalue weighted by molar-refractivity contribution is 7.17. The number of carbonyl (C=O) groups is 2. The number of rotatable bonds is 5. The first-order valence-electron chi connectivity index (χ1n) is 10.0. The Labute approximate surface area is 182 Å². The Balaban J connectivity index is 1.90. The van der Waals surface area contributed by atoms with Crippen molar-refractivity contribution < 1.29 is 22.8 Å².